The standard InChI is InChI=1S/C23H22FNO3/c1-22(2,3)28-21(27)25-19-10-6-5-9-18(19)23(4,20(25)26)15-7-8-16-11-13-17(24)14-12-16/h5-6,9-14H,15H2,1-4H3/t23-/m0/s1. The van der Waals surface area contributed by atoms with Crippen molar-refractivity contribution in [2.24, 2.45) is 0 Å². The van der Waals surface area contributed by atoms with E-state index in [-0.39, 0.29) is 18.1 Å². The minimum Gasteiger partial charge on any atom is -0.443 e. The van der Waals surface area contributed by atoms with Crippen LogP contribution in [0, 0.1) is 17.7 Å². The lowest BCUT2D eigenvalue weighted by Gasteiger charge is -2.25. The van der Waals surface area contributed by atoms with Crippen LogP contribution in [-0.2, 0) is 14.9 Å². The van der Waals surface area contributed by atoms with E-state index in [9.17, 15) is 14.0 Å². The first-order chi connectivity index (χ1) is 13.1. The van der Waals surface area contributed by atoms with E-state index in [0.717, 1.165) is 10.5 Å². The summed E-state index contributed by atoms with van der Waals surface area (Å²) in [4.78, 5) is 27.0. The summed E-state index contributed by atoms with van der Waals surface area (Å²) < 4.78 is 18.4. The Morgan fingerprint density at radius 3 is 2.43 bits per heavy atom. The van der Waals surface area contributed by atoms with Crippen molar-refractivity contribution in [2.75, 3.05) is 4.90 Å². The van der Waals surface area contributed by atoms with Gasteiger partial charge >= 0.3 is 6.09 Å². The van der Waals surface area contributed by atoms with Crippen molar-refractivity contribution in [1.82, 2.24) is 0 Å². The lowest BCUT2D eigenvalue weighted by Crippen LogP contribution is -2.44. The first-order valence-electron chi connectivity index (χ1n) is 9.03. The Hall–Kier alpha value is -3.13. The highest BCUT2D eigenvalue weighted by atomic mass is 19.1. The molecule has 144 valence electrons. The predicted molar refractivity (Wildman–Crippen MR) is 105 cm³/mol. The molecule has 5 heteroatoms. The summed E-state index contributed by atoms with van der Waals surface area (Å²) in [6.07, 6.45) is -0.473. The fraction of sp³-hybridized carbons (Fsp3) is 0.304. The van der Waals surface area contributed by atoms with Crippen molar-refractivity contribution in [3.05, 3.63) is 65.5 Å². The summed E-state index contributed by atoms with van der Waals surface area (Å²) in [5, 5.41) is 0. The van der Waals surface area contributed by atoms with Gasteiger partial charge in [-0.05, 0) is 63.6 Å². The molecule has 0 aromatic heterocycles. The molecule has 0 bridgehead atoms. The minimum atomic E-state index is -0.972. The zero-order valence-corrected chi connectivity index (χ0v) is 16.4. The number of nitrogens with zero attached hydrogens (tertiary/aromatic N) is 1. The number of fused-ring (bicyclic) bond motifs is 1. The number of anilines is 1. The van der Waals surface area contributed by atoms with E-state index in [1.807, 2.05) is 12.1 Å². The first-order valence-corrected chi connectivity index (χ1v) is 9.03. The Labute approximate surface area is 164 Å². The SMILES string of the molecule is CC(C)(C)OC(=O)N1C(=O)[C@@](C)(CC#Cc2ccc(F)cc2)c2ccccc21. The van der Waals surface area contributed by atoms with Crippen LogP contribution in [0.2, 0.25) is 0 Å². The van der Waals surface area contributed by atoms with E-state index in [0.29, 0.717) is 11.3 Å². The smallest absolute Gasteiger partial charge is 0.421 e. The highest BCUT2D eigenvalue weighted by molar-refractivity contribution is 6.21. The van der Waals surface area contributed by atoms with E-state index >= 15 is 0 Å². The van der Waals surface area contributed by atoms with Gasteiger partial charge in [0.2, 0.25) is 5.91 Å². The first kappa shape index (κ1) is 19.6. The highest BCUT2D eigenvalue weighted by Gasteiger charge is 2.50. The lowest BCUT2D eigenvalue weighted by atomic mass is 9.81. The molecule has 0 radical (unpaired) electrons. The highest BCUT2D eigenvalue weighted by Crippen LogP contribution is 2.44. The third-order valence-corrected chi connectivity index (χ3v) is 4.51. The second kappa shape index (κ2) is 7.12. The number of carbonyl (C=O) groups excluding carboxylic acids is 2. The third-order valence-electron chi connectivity index (χ3n) is 4.51. The summed E-state index contributed by atoms with van der Waals surface area (Å²) >= 11 is 0. The normalized spacial score (nSPS) is 18.3. The Balaban J connectivity index is 1.92. The average Bonchev–Trinajstić information content (AvgIpc) is 2.84. The molecule has 0 spiro atoms. The van der Waals surface area contributed by atoms with Crippen LogP contribution in [0.4, 0.5) is 14.9 Å². The number of hydrogen-bond donors (Lipinski definition) is 0. The molecular weight excluding hydrogens is 357 g/mol. The predicted octanol–water partition coefficient (Wildman–Crippen LogP) is 4.81. The second-order valence-electron chi connectivity index (χ2n) is 7.96. The molecule has 0 N–H and O–H groups in total. The molecule has 1 aliphatic rings. The Kier molecular flexibility index (Phi) is 4.99. The van der Waals surface area contributed by atoms with Crippen molar-refractivity contribution in [1.29, 1.82) is 0 Å². The van der Waals surface area contributed by atoms with Crippen LogP contribution in [-0.4, -0.2) is 17.6 Å². The molecule has 0 aliphatic carbocycles. The van der Waals surface area contributed by atoms with Gasteiger partial charge in [-0.3, -0.25) is 4.79 Å². The van der Waals surface area contributed by atoms with Crippen LogP contribution >= 0.6 is 0 Å². The fourth-order valence-corrected chi connectivity index (χ4v) is 3.12. The monoisotopic (exact) mass is 379 g/mol. The topological polar surface area (TPSA) is 46.6 Å². The molecule has 2 aromatic rings. The molecule has 28 heavy (non-hydrogen) atoms. The second-order valence-corrected chi connectivity index (χ2v) is 7.96. The van der Waals surface area contributed by atoms with Crippen LogP contribution < -0.4 is 4.90 Å². The van der Waals surface area contributed by atoms with Crippen molar-refractivity contribution in [3.8, 4) is 11.8 Å². The fourth-order valence-electron chi connectivity index (χ4n) is 3.12. The molecule has 0 saturated carbocycles. The molecule has 1 heterocycles. The summed E-state index contributed by atoms with van der Waals surface area (Å²) in [6, 6.07) is 13.0. The van der Waals surface area contributed by atoms with E-state index in [1.165, 1.54) is 12.1 Å². The number of halogens is 1. The Bertz CT molecular complexity index is 979. The van der Waals surface area contributed by atoms with E-state index in [2.05, 4.69) is 11.8 Å². The number of ether oxygens (including phenoxy) is 1. The molecule has 3 rings (SSSR count). The molecule has 0 fully saturated rings. The van der Waals surface area contributed by atoms with Crippen molar-refractivity contribution >= 4 is 17.7 Å². The van der Waals surface area contributed by atoms with Gasteiger partial charge in [-0.25, -0.2) is 14.1 Å². The molecule has 0 saturated heterocycles. The zero-order chi connectivity index (χ0) is 20.5. The van der Waals surface area contributed by atoms with Crippen LogP contribution in [0.3, 0.4) is 0 Å². The maximum absolute atomic E-state index is 13.2. The van der Waals surface area contributed by atoms with Gasteiger partial charge in [0, 0.05) is 12.0 Å². The number of hydrogen-bond acceptors (Lipinski definition) is 3. The quantitative estimate of drug-likeness (QED) is 0.668. The number of rotatable bonds is 1. The summed E-state index contributed by atoms with van der Waals surface area (Å²) in [5.41, 5.74) is 0.230. The van der Waals surface area contributed by atoms with Gasteiger partial charge in [0.1, 0.15) is 11.4 Å². The maximum atomic E-state index is 13.2. The number of amides is 2. The van der Waals surface area contributed by atoms with Crippen LogP contribution in [0.15, 0.2) is 48.5 Å². The van der Waals surface area contributed by atoms with Crippen molar-refractivity contribution in [2.45, 2.75) is 45.1 Å². The molecular formula is C23H22FNO3. The van der Waals surface area contributed by atoms with Crippen LogP contribution in [0.25, 0.3) is 0 Å². The van der Waals surface area contributed by atoms with E-state index < -0.39 is 17.1 Å². The average molecular weight is 379 g/mol. The van der Waals surface area contributed by atoms with Gasteiger partial charge in [0.25, 0.3) is 0 Å². The van der Waals surface area contributed by atoms with Crippen LogP contribution in [0.5, 0.6) is 0 Å². The van der Waals surface area contributed by atoms with E-state index in [4.69, 9.17) is 4.74 Å². The molecule has 1 atom stereocenters. The minimum absolute atomic E-state index is 0.222. The van der Waals surface area contributed by atoms with Gasteiger partial charge < -0.3 is 4.74 Å². The maximum Gasteiger partial charge on any atom is 0.421 e. The van der Waals surface area contributed by atoms with Crippen molar-refractivity contribution in [3.63, 3.8) is 0 Å². The van der Waals surface area contributed by atoms with Gasteiger partial charge in [-0.1, -0.05) is 30.0 Å². The number of benzene rings is 2. The van der Waals surface area contributed by atoms with Crippen molar-refractivity contribution < 1.29 is 18.7 Å². The van der Waals surface area contributed by atoms with E-state index in [1.54, 1.807) is 52.0 Å². The molecule has 4 nitrogen and oxygen atoms in total. The summed E-state index contributed by atoms with van der Waals surface area (Å²) in [7, 11) is 0. The zero-order valence-electron chi connectivity index (χ0n) is 16.4. The third kappa shape index (κ3) is 3.77. The largest absolute Gasteiger partial charge is 0.443 e. The number of imide groups is 1. The number of carbonyl (C=O) groups is 2. The lowest BCUT2D eigenvalue weighted by molar-refractivity contribution is -0.122. The molecule has 2 aromatic carbocycles. The molecule has 2 amide bonds. The van der Waals surface area contributed by atoms with Gasteiger partial charge in [0.05, 0.1) is 11.1 Å². The number of para-hydroxylation sites is 1. The Morgan fingerprint density at radius 2 is 1.79 bits per heavy atom. The summed E-state index contributed by atoms with van der Waals surface area (Å²) in [6.45, 7) is 7.04. The summed E-state index contributed by atoms with van der Waals surface area (Å²) in [5.74, 6) is 5.27. The van der Waals surface area contributed by atoms with Crippen LogP contribution in [0.1, 0.15) is 45.2 Å². The van der Waals surface area contributed by atoms with Gasteiger partial charge in [-0.2, -0.15) is 0 Å². The molecule has 1 aliphatic heterocycles. The van der Waals surface area contributed by atoms with Gasteiger partial charge in [-0.15, -0.1) is 0 Å². The molecule has 0 unspecified atom stereocenters. The Morgan fingerprint density at radius 1 is 1.14 bits per heavy atom. The van der Waals surface area contributed by atoms with Gasteiger partial charge in [0.15, 0.2) is 0 Å².